The Kier molecular flexibility index (Phi) is 4.76. The average molecular weight is 290 g/mol. The molecule has 2 fully saturated rings. The van der Waals surface area contributed by atoms with Crippen molar-refractivity contribution in [3.05, 3.63) is 23.9 Å². The van der Waals surface area contributed by atoms with Crippen molar-refractivity contribution >= 4 is 0 Å². The number of pyridine rings is 1. The highest BCUT2D eigenvalue weighted by atomic mass is 16.5. The summed E-state index contributed by atoms with van der Waals surface area (Å²) in [6, 6.07) is 6.66. The second-order valence-corrected chi connectivity index (χ2v) is 6.38. The number of nitrogens with zero attached hydrogens (tertiary/aromatic N) is 2. The first-order valence-electron chi connectivity index (χ1n) is 8.14. The Labute approximate surface area is 127 Å². The van der Waals surface area contributed by atoms with E-state index in [0.29, 0.717) is 18.1 Å². The second-order valence-electron chi connectivity index (χ2n) is 6.38. The highest BCUT2D eigenvalue weighted by Crippen LogP contribution is 2.25. The Bertz CT molecular complexity index is 458. The third kappa shape index (κ3) is 3.74. The van der Waals surface area contributed by atoms with Gasteiger partial charge in [0.2, 0.25) is 5.88 Å². The lowest BCUT2D eigenvalue weighted by atomic mass is 9.93. The van der Waals surface area contributed by atoms with Crippen molar-refractivity contribution in [2.75, 3.05) is 26.3 Å². The van der Waals surface area contributed by atoms with Crippen LogP contribution in [0.25, 0.3) is 0 Å². The number of ether oxygens (including phenoxy) is 2. The van der Waals surface area contributed by atoms with Crippen LogP contribution in [0.4, 0.5) is 0 Å². The van der Waals surface area contributed by atoms with E-state index in [1.165, 1.54) is 6.42 Å². The second kappa shape index (κ2) is 6.75. The standard InChI is InChI=1S/C17H26N2O2/c1-13-12-20-11-8-16(13)19-9-6-15(7-10-19)21-17-5-3-4-14(2)18-17/h3-5,13,15-16H,6-12H2,1-2H3/t13-,16+/m1/s1. The molecule has 0 radical (unpaired) electrons. The minimum absolute atomic E-state index is 0.311. The Morgan fingerprint density at radius 2 is 2.05 bits per heavy atom. The average Bonchev–Trinajstić information content (AvgIpc) is 2.49. The summed E-state index contributed by atoms with van der Waals surface area (Å²) in [5.74, 6) is 1.42. The van der Waals surface area contributed by atoms with Crippen LogP contribution in [0, 0.1) is 12.8 Å². The largest absolute Gasteiger partial charge is 0.474 e. The SMILES string of the molecule is Cc1cccc(OC2CCN([C@H]3CCOC[C@H]3C)CC2)n1. The molecule has 2 aliphatic heterocycles. The van der Waals surface area contributed by atoms with Gasteiger partial charge in [-0.2, -0.15) is 0 Å². The number of rotatable bonds is 3. The quantitative estimate of drug-likeness (QED) is 0.857. The molecule has 0 N–H and O–H groups in total. The first kappa shape index (κ1) is 14.8. The van der Waals surface area contributed by atoms with Crippen LogP contribution in [0.15, 0.2) is 18.2 Å². The third-order valence-corrected chi connectivity index (χ3v) is 4.69. The van der Waals surface area contributed by atoms with Crippen LogP contribution in [0.1, 0.15) is 31.9 Å². The molecule has 0 saturated carbocycles. The van der Waals surface area contributed by atoms with Gasteiger partial charge in [-0.25, -0.2) is 4.98 Å². The van der Waals surface area contributed by atoms with Crippen LogP contribution in [0.3, 0.4) is 0 Å². The van der Waals surface area contributed by atoms with E-state index in [2.05, 4.69) is 16.8 Å². The van der Waals surface area contributed by atoms with Gasteiger partial charge in [0.25, 0.3) is 0 Å². The molecule has 2 atom stereocenters. The van der Waals surface area contributed by atoms with Crippen molar-refractivity contribution in [1.29, 1.82) is 0 Å². The van der Waals surface area contributed by atoms with Gasteiger partial charge in [-0.1, -0.05) is 13.0 Å². The molecule has 0 aliphatic carbocycles. The van der Waals surface area contributed by atoms with Gasteiger partial charge in [-0.15, -0.1) is 0 Å². The number of likely N-dealkylation sites (tertiary alicyclic amines) is 1. The normalized spacial score (nSPS) is 28.5. The predicted molar refractivity (Wildman–Crippen MR) is 82.6 cm³/mol. The molecular weight excluding hydrogens is 264 g/mol. The first-order chi connectivity index (χ1) is 10.2. The molecule has 4 nitrogen and oxygen atoms in total. The molecule has 0 unspecified atom stereocenters. The zero-order chi connectivity index (χ0) is 14.7. The first-order valence-corrected chi connectivity index (χ1v) is 8.14. The Morgan fingerprint density at radius 3 is 2.76 bits per heavy atom. The third-order valence-electron chi connectivity index (χ3n) is 4.69. The van der Waals surface area contributed by atoms with Crippen molar-refractivity contribution in [2.24, 2.45) is 5.92 Å². The van der Waals surface area contributed by atoms with E-state index < -0.39 is 0 Å². The molecule has 0 bridgehead atoms. The van der Waals surface area contributed by atoms with Crippen LogP contribution in [-0.2, 0) is 4.74 Å². The van der Waals surface area contributed by atoms with E-state index in [1.54, 1.807) is 0 Å². The van der Waals surface area contributed by atoms with E-state index in [1.807, 2.05) is 25.1 Å². The lowest BCUT2D eigenvalue weighted by Crippen LogP contribution is -2.49. The number of hydrogen-bond acceptors (Lipinski definition) is 4. The van der Waals surface area contributed by atoms with Crippen LogP contribution < -0.4 is 4.74 Å². The molecule has 1 aromatic heterocycles. The fourth-order valence-corrected chi connectivity index (χ4v) is 3.49. The van der Waals surface area contributed by atoms with Crippen molar-refractivity contribution in [2.45, 2.75) is 45.3 Å². The maximum atomic E-state index is 6.04. The summed E-state index contributed by atoms with van der Waals surface area (Å²) < 4.78 is 11.6. The van der Waals surface area contributed by atoms with Crippen LogP contribution >= 0.6 is 0 Å². The van der Waals surface area contributed by atoms with Crippen molar-refractivity contribution in [3.8, 4) is 5.88 Å². The molecule has 116 valence electrons. The minimum atomic E-state index is 0.311. The molecule has 1 aromatic rings. The summed E-state index contributed by atoms with van der Waals surface area (Å²) in [7, 11) is 0. The topological polar surface area (TPSA) is 34.6 Å². The molecule has 3 heterocycles. The summed E-state index contributed by atoms with van der Waals surface area (Å²) in [5.41, 5.74) is 1.01. The summed E-state index contributed by atoms with van der Waals surface area (Å²) in [6.07, 6.45) is 3.68. The van der Waals surface area contributed by atoms with Gasteiger partial charge in [0, 0.05) is 37.5 Å². The van der Waals surface area contributed by atoms with E-state index in [-0.39, 0.29) is 0 Å². The smallest absolute Gasteiger partial charge is 0.213 e. The number of aryl methyl sites for hydroxylation is 1. The van der Waals surface area contributed by atoms with Crippen LogP contribution in [0.2, 0.25) is 0 Å². The molecule has 2 saturated heterocycles. The highest BCUT2D eigenvalue weighted by molar-refractivity contribution is 5.15. The lowest BCUT2D eigenvalue weighted by Gasteiger charge is -2.42. The van der Waals surface area contributed by atoms with Gasteiger partial charge in [0.15, 0.2) is 0 Å². The van der Waals surface area contributed by atoms with E-state index in [4.69, 9.17) is 9.47 Å². The van der Waals surface area contributed by atoms with E-state index in [9.17, 15) is 0 Å². The van der Waals surface area contributed by atoms with Gasteiger partial charge in [-0.05, 0) is 38.2 Å². The Balaban J connectivity index is 1.50. The predicted octanol–water partition coefficient (Wildman–Crippen LogP) is 2.66. The molecule has 4 heteroatoms. The summed E-state index contributed by atoms with van der Waals surface area (Å²) in [6.45, 7) is 8.40. The molecule has 21 heavy (non-hydrogen) atoms. The number of hydrogen-bond donors (Lipinski definition) is 0. The fraction of sp³-hybridized carbons (Fsp3) is 0.706. The Hall–Kier alpha value is -1.13. The zero-order valence-corrected chi connectivity index (χ0v) is 13.1. The zero-order valence-electron chi connectivity index (χ0n) is 13.1. The molecule has 3 rings (SSSR count). The summed E-state index contributed by atoms with van der Waals surface area (Å²) >= 11 is 0. The van der Waals surface area contributed by atoms with Gasteiger partial charge in [0.1, 0.15) is 6.10 Å². The lowest BCUT2D eigenvalue weighted by molar-refractivity contribution is -0.0235. The molecule has 0 amide bonds. The fourth-order valence-electron chi connectivity index (χ4n) is 3.49. The molecule has 2 aliphatic rings. The van der Waals surface area contributed by atoms with E-state index >= 15 is 0 Å². The maximum Gasteiger partial charge on any atom is 0.213 e. The molecule has 0 spiro atoms. The van der Waals surface area contributed by atoms with Crippen molar-refractivity contribution in [1.82, 2.24) is 9.88 Å². The Morgan fingerprint density at radius 1 is 1.24 bits per heavy atom. The van der Waals surface area contributed by atoms with Gasteiger partial charge >= 0.3 is 0 Å². The van der Waals surface area contributed by atoms with Crippen molar-refractivity contribution in [3.63, 3.8) is 0 Å². The molecular formula is C17H26N2O2. The van der Waals surface area contributed by atoms with Gasteiger partial charge < -0.3 is 9.47 Å². The van der Waals surface area contributed by atoms with Crippen LogP contribution in [-0.4, -0.2) is 48.3 Å². The van der Waals surface area contributed by atoms with E-state index in [0.717, 1.165) is 50.7 Å². The minimum Gasteiger partial charge on any atom is -0.474 e. The highest BCUT2D eigenvalue weighted by Gasteiger charge is 2.31. The van der Waals surface area contributed by atoms with Crippen molar-refractivity contribution < 1.29 is 9.47 Å². The van der Waals surface area contributed by atoms with Gasteiger partial charge in [-0.3, -0.25) is 4.90 Å². The summed E-state index contributed by atoms with van der Waals surface area (Å²) in [4.78, 5) is 7.07. The number of aromatic nitrogens is 1. The number of piperidine rings is 1. The maximum absolute atomic E-state index is 6.04. The van der Waals surface area contributed by atoms with Crippen LogP contribution in [0.5, 0.6) is 5.88 Å². The monoisotopic (exact) mass is 290 g/mol. The molecule has 0 aromatic carbocycles. The van der Waals surface area contributed by atoms with Gasteiger partial charge in [0.05, 0.1) is 6.61 Å². The summed E-state index contributed by atoms with van der Waals surface area (Å²) in [5, 5.41) is 0.